The second-order valence-corrected chi connectivity index (χ2v) is 6.65. The third-order valence-corrected chi connectivity index (χ3v) is 4.27. The quantitative estimate of drug-likeness (QED) is 0.320. The predicted molar refractivity (Wildman–Crippen MR) is 97.8 cm³/mol. The van der Waals surface area contributed by atoms with E-state index >= 15 is 0 Å². The molecule has 0 amide bonds. The molecule has 0 saturated carbocycles. The van der Waals surface area contributed by atoms with Gasteiger partial charge in [0.1, 0.15) is 12.4 Å². The molecule has 1 unspecified atom stereocenters. The molecule has 1 aromatic carbocycles. The molecule has 0 saturated heterocycles. The van der Waals surface area contributed by atoms with Crippen molar-refractivity contribution in [3.8, 4) is 11.4 Å². The highest BCUT2D eigenvalue weighted by Gasteiger charge is 2.41. The molecule has 0 aliphatic rings. The standard InChI is InChI=1S/C18H16ClF6N3O3/c1-10(4-6-30-2)31-14(29)3-5-28-9-26-16(27-28)11-7-12(17(20,21)22)15(19)13(8-11)18(23,24)25/h3,5,7-10H,4,6H2,1-2H3/b5-3-. The maximum absolute atomic E-state index is 13.1. The summed E-state index contributed by atoms with van der Waals surface area (Å²) in [5.41, 5.74) is -3.88. The molecule has 0 fully saturated rings. The molecule has 0 aliphatic heterocycles. The molecule has 0 radical (unpaired) electrons. The van der Waals surface area contributed by atoms with Crippen molar-refractivity contribution in [1.29, 1.82) is 0 Å². The van der Waals surface area contributed by atoms with Crippen molar-refractivity contribution in [1.82, 2.24) is 14.8 Å². The van der Waals surface area contributed by atoms with Crippen LogP contribution in [-0.4, -0.2) is 40.6 Å². The molecule has 0 aliphatic carbocycles. The Hall–Kier alpha value is -2.60. The van der Waals surface area contributed by atoms with E-state index in [0.29, 0.717) is 25.2 Å². The maximum Gasteiger partial charge on any atom is 0.417 e. The number of nitrogens with zero attached hydrogens (tertiary/aromatic N) is 3. The lowest BCUT2D eigenvalue weighted by Gasteiger charge is -2.16. The van der Waals surface area contributed by atoms with Gasteiger partial charge in [-0.3, -0.25) is 0 Å². The van der Waals surface area contributed by atoms with Gasteiger partial charge in [-0.15, -0.1) is 5.10 Å². The lowest BCUT2D eigenvalue weighted by molar-refractivity contribution is -0.144. The first-order valence-corrected chi connectivity index (χ1v) is 8.98. The molecule has 1 heterocycles. The smallest absolute Gasteiger partial charge is 0.417 e. The molecule has 31 heavy (non-hydrogen) atoms. The Morgan fingerprint density at radius 1 is 1.19 bits per heavy atom. The fourth-order valence-corrected chi connectivity index (χ4v) is 2.69. The first kappa shape index (κ1) is 24.7. The van der Waals surface area contributed by atoms with Crippen molar-refractivity contribution in [3.63, 3.8) is 0 Å². The Labute approximate surface area is 177 Å². The van der Waals surface area contributed by atoms with E-state index in [0.717, 1.165) is 23.3 Å². The van der Waals surface area contributed by atoms with E-state index in [-0.39, 0.29) is 0 Å². The van der Waals surface area contributed by atoms with Crippen molar-refractivity contribution in [3.05, 3.63) is 40.7 Å². The average molecular weight is 472 g/mol. The van der Waals surface area contributed by atoms with Crippen LogP contribution in [0.3, 0.4) is 0 Å². The Kier molecular flexibility index (Phi) is 7.71. The lowest BCUT2D eigenvalue weighted by Crippen LogP contribution is -2.15. The minimum Gasteiger partial charge on any atom is -0.459 e. The number of hydrogen-bond acceptors (Lipinski definition) is 5. The Bertz CT molecular complexity index is 921. The van der Waals surface area contributed by atoms with Gasteiger partial charge >= 0.3 is 18.3 Å². The summed E-state index contributed by atoms with van der Waals surface area (Å²) in [5, 5.41) is 2.31. The third-order valence-electron chi connectivity index (χ3n) is 3.86. The highest BCUT2D eigenvalue weighted by molar-refractivity contribution is 6.32. The zero-order valence-corrected chi connectivity index (χ0v) is 16.8. The number of hydrogen-bond donors (Lipinski definition) is 0. The fourth-order valence-electron chi connectivity index (χ4n) is 2.36. The van der Waals surface area contributed by atoms with E-state index in [1.165, 1.54) is 7.11 Å². The molecule has 0 spiro atoms. The first-order valence-electron chi connectivity index (χ1n) is 8.60. The zero-order chi connectivity index (χ0) is 23.4. The summed E-state index contributed by atoms with van der Waals surface area (Å²) in [4.78, 5) is 15.4. The summed E-state index contributed by atoms with van der Waals surface area (Å²) < 4.78 is 89.7. The van der Waals surface area contributed by atoms with Crippen molar-refractivity contribution in [2.24, 2.45) is 0 Å². The van der Waals surface area contributed by atoms with Crippen LogP contribution >= 0.6 is 11.6 Å². The Balaban J connectivity index is 2.29. The number of ether oxygens (including phenoxy) is 2. The van der Waals surface area contributed by atoms with Crippen LogP contribution < -0.4 is 0 Å². The number of esters is 1. The van der Waals surface area contributed by atoms with Gasteiger partial charge in [-0.2, -0.15) is 26.3 Å². The van der Waals surface area contributed by atoms with Gasteiger partial charge in [-0.1, -0.05) is 11.6 Å². The van der Waals surface area contributed by atoms with Crippen molar-refractivity contribution >= 4 is 23.8 Å². The van der Waals surface area contributed by atoms with Crippen LogP contribution in [-0.2, 0) is 26.6 Å². The van der Waals surface area contributed by atoms with Gasteiger partial charge in [0.05, 0.1) is 16.1 Å². The Morgan fingerprint density at radius 2 is 1.77 bits per heavy atom. The van der Waals surface area contributed by atoms with E-state index < -0.39 is 52.0 Å². The number of halogens is 7. The van der Waals surface area contributed by atoms with Crippen LogP contribution in [0.1, 0.15) is 24.5 Å². The monoisotopic (exact) mass is 471 g/mol. The Morgan fingerprint density at radius 3 is 2.29 bits per heavy atom. The third kappa shape index (κ3) is 6.69. The van der Waals surface area contributed by atoms with Crippen molar-refractivity contribution in [2.75, 3.05) is 13.7 Å². The molecule has 1 aromatic heterocycles. The molecule has 13 heteroatoms. The van der Waals surface area contributed by atoms with Gasteiger partial charge in [-0.25, -0.2) is 14.5 Å². The second-order valence-electron chi connectivity index (χ2n) is 6.27. The van der Waals surface area contributed by atoms with Gasteiger partial charge in [0.25, 0.3) is 0 Å². The number of methoxy groups -OCH3 is 1. The van der Waals surface area contributed by atoms with Crippen molar-refractivity contribution < 1.29 is 40.6 Å². The molecular formula is C18H16ClF6N3O3. The highest BCUT2D eigenvalue weighted by atomic mass is 35.5. The van der Waals surface area contributed by atoms with E-state index in [1.54, 1.807) is 6.92 Å². The van der Waals surface area contributed by atoms with Gasteiger partial charge in [0.15, 0.2) is 5.82 Å². The van der Waals surface area contributed by atoms with Gasteiger partial charge in [0, 0.05) is 38.0 Å². The number of aromatic nitrogens is 3. The summed E-state index contributed by atoms with van der Waals surface area (Å²) in [5.74, 6) is -1.16. The average Bonchev–Trinajstić information content (AvgIpc) is 3.12. The number of carbonyl (C=O) groups is 1. The number of rotatable bonds is 7. The molecule has 2 rings (SSSR count). The molecule has 170 valence electrons. The molecule has 6 nitrogen and oxygen atoms in total. The molecule has 1 atom stereocenters. The normalized spacial score (nSPS) is 13.6. The second kappa shape index (κ2) is 9.69. The highest BCUT2D eigenvalue weighted by Crippen LogP contribution is 2.44. The van der Waals surface area contributed by atoms with Crippen molar-refractivity contribution in [2.45, 2.75) is 31.8 Å². The van der Waals surface area contributed by atoms with Crippen LogP contribution in [0.2, 0.25) is 5.02 Å². The van der Waals surface area contributed by atoms with Gasteiger partial charge < -0.3 is 9.47 Å². The maximum atomic E-state index is 13.1. The zero-order valence-electron chi connectivity index (χ0n) is 16.1. The van der Waals surface area contributed by atoms with Gasteiger partial charge in [-0.05, 0) is 19.1 Å². The van der Waals surface area contributed by atoms with E-state index in [2.05, 4.69) is 10.1 Å². The van der Waals surface area contributed by atoms with Crippen LogP contribution in [0.25, 0.3) is 17.6 Å². The summed E-state index contributed by atoms with van der Waals surface area (Å²) in [6.07, 6.45) is -7.15. The SMILES string of the molecule is COCCC(C)OC(=O)/C=C\n1cnc(-c2cc(C(F)(F)F)c(Cl)c(C(F)(F)F)c2)n1. The summed E-state index contributed by atoms with van der Waals surface area (Å²) in [7, 11) is 1.49. The van der Waals surface area contributed by atoms with E-state index in [9.17, 15) is 31.1 Å². The largest absolute Gasteiger partial charge is 0.459 e. The van der Waals surface area contributed by atoms with Crippen LogP contribution in [0, 0.1) is 0 Å². The molecule has 0 N–H and O–H groups in total. The van der Waals surface area contributed by atoms with E-state index in [1.807, 2.05) is 0 Å². The summed E-state index contributed by atoms with van der Waals surface area (Å²) >= 11 is 5.34. The molecular weight excluding hydrogens is 456 g/mol. The van der Waals surface area contributed by atoms with Crippen LogP contribution in [0.5, 0.6) is 0 Å². The first-order chi connectivity index (χ1) is 14.3. The number of benzene rings is 1. The fraction of sp³-hybridized carbons (Fsp3) is 0.389. The van der Waals surface area contributed by atoms with Crippen LogP contribution in [0.15, 0.2) is 24.5 Å². The summed E-state index contributed by atoms with van der Waals surface area (Å²) in [6.45, 7) is 2.03. The van der Waals surface area contributed by atoms with Gasteiger partial charge in [0.2, 0.25) is 0 Å². The minimum absolute atomic E-state index is 0.380. The lowest BCUT2D eigenvalue weighted by atomic mass is 10.0. The van der Waals surface area contributed by atoms with Crippen LogP contribution in [0.4, 0.5) is 26.3 Å². The van der Waals surface area contributed by atoms with E-state index in [4.69, 9.17) is 21.1 Å². The topological polar surface area (TPSA) is 66.2 Å². The predicted octanol–water partition coefficient (Wildman–Crippen LogP) is 5.08. The number of carbonyl (C=O) groups excluding carboxylic acids is 1. The minimum atomic E-state index is -5.13. The molecule has 0 bridgehead atoms. The number of alkyl halides is 6. The molecule has 2 aromatic rings. The summed E-state index contributed by atoms with van der Waals surface area (Å²) in [6, 6.07) is 0.847.